The highest BCUT2D eigenvalue weighted by Gasteiger charge is 2.10. The van der Waals surface area contributed by atoms with Crippen molar-refractivity contribution in [3.8, 4) is 5.75 Å². The second-order valence-electron chi connectivity index (χ2n) is 3.05. The normalized spacial score (nSPS) is 12.8. The number of rotatable bonds is 0. The van der Waals surface area contributed by atoms with Crippen molar-refractivity contribution in [1.82, 2.24) is 0 Å². The standard InChI is InChI=1S/C9H8O.CH3NO4S/c1-2-6-9-8(4-1)5-3-7-10-9;2-1(3)7(4,5)6/h1-6H,7H2;(H2,2,3)(H,4,5,6). The van der Waals surface area contributed by atoms with Gasteiger partial charge < -0.3 is 10.5 Å². The van der Waals surface area contributed by atoms with Gasteiger partial charge in [0.1, 0.15) is 12.4 Å². The van der Waals surface area contributed by atoms with Crippen molar-refractivity contribution in [3.05, 3.63) is 35.9 Å². The van der Waals surface area contributed by atoms with Crippen molar-refractivity contribution in [1.29, 1.82) is 0 Å². The zero-order valence-corrected chi connectivity index (χ0v) is 9.55. The Bertz CT molecular complexity index is 535. The van der Waals surface area contributed by atoms with Gasteiger partial charge in [-0.15, -0.1) is 0 Å². The van der Waals surface area contributed by atoms with Gasteiger partial charge in [-0.05, 0) is 12.1 Å². The maximum absolute atomic E-state index is 9.41. The van der Waals surface area contributed by atoms with E-state index < -0.39 is 15.4 Å². The number of carbonyl (C=O) groups is 1. The lowest BCUT2D eigenvalue weighted by atomic mass is 10.1. The number of carbonyl (C=O) groups excluding carboxylic acids is 1. The lowest BCUT2D eigenvalue weighted by Gasteiger charge is -2.10. The Morgan fingerprint density at radius 1 is 1.35 bits per heavy atom. The fourth-order valence-electron chi connectivity index (χ4n) is 1.06. The first-order valence-corrected chi connectivity index (χ1v) is 6.00. The van der Waals surface area contributed by atoms with E-state index in [1.807, 2.05) is 30.3 Å². The number of para-hydroxylation sites is 1. The summed E-state index contributed by atoms with van der Waals surface area (Å²) in [6, 6.07) is 8.03. The minimum atomic E-state index is -4.60. The van der Waals surface area contributed by atoms with Crippen LogP contribution in [-0.2, 0) is 10.1 Å². The van der Waals surface area contributed by atoms with E-state index in [4.69, 9.17) is 9.29 Å². The van der Waals surface area contributed by atoms with Crippen LogP contribution in [-0.4, -0.2) is 24.8 Å². The fourth-order valence-corrected chi connectivity index (χ4v) is 1.06. The summed E-state index contributed by atoms with van der Waals surface area (Å²) in [5.41, 5.74) is 5.27. The van der Waals surface area contributed by atoms with Crippen LogP contribution in [0.5, 0.6) is 5.75 Å². The summed E-state index contributed by atoms with van der Waals surface area (Å²) in [5, 5.41) is -1.73. The van der Waals surface area contributed by atoms with E-state index in [0.717, 1.165) is 5.75 Å². The van der Waals surface area contributed by atoms with Gasteiger partial charge in [0.05, 0.1) is 0 Å². The topological polar surface area (TPSA) is 107 Å². The Labute approximate surface area is 98.4 Å². The van der Waals surface area contributed by atoms with E-state index >= 15 is 0 Å². The Morgan fingerprint density at radius 3 is 2.47 bits per heavy atom. The monoisotopic (exact) mass is 257 g/mol. The first-order chi connectivity index (χ1) is 7.91. The van der Waals surface area contributed by atoms with E-state index in [0.29, 0.717) is 6.61 Å². The highest BCUT2D eigenvalue weighted by molar-refractivity contribution is 8.01. The Morgan fingerprint density at radius 2 is 1.94 bits per heavy atom. The molecule has 3 N–H and O–H groups in total. The van der Waals surface area contributed by atoms with Crippen LogP contribution in [0.4, 0.5) is 4.79 Å². The number of primary amides is 1. The molecular weight excluding hydrogens is 246 g/mol. The minimum absolute atomic E-state index is 0.705. The van der Waals surface area contributed by atoms with Gasteiger partial charge in [-0.2, -0.15) is 8.42 Å². The van der Waals surface area contributed by atoms with Crippen molar-refractivity contribution < 1.29 is 22.5 Å². The third-order valence-corrected chi connectivity index (χ3v) is 2.31. The van der Waals surface area contributed by atoms with E-state index in [2.05, 4.69) is 11.8 Å². The number of hydrogen-bond acceptors (Lipinski definition) is 4. The first-order valence-electron chi connectivity index (χ1n) is 4.56. The van der Waals surface area contributed by atoms with E-state index in [-0.39, 0.29) is 0 Å². The van der Waals surface area contributed by atoms with Crippen LogP contribution in [0.15, 0.2) is 30.3 Å². The predicted octanol–water partition coefficient (Wildman–Crippen LogP) is 1.05. The number of fused-ring (bicyclic) bond motifs is 1. The van der Waals surface area contributed by atoms with Gasteiger partial charge >= 0.3 is 15.4 Å². The Balaban J connectivity index is 0.000000185. The number of hydrogen-bond donors (Lipinski definition) is 2. The molecule has 0 radical (unpaired) electrons. The average molecular weight is 257 g/mol. The third kappa shape index (κ3) is 4.25. The third-order valence-electron chi connectivity index (χ3n) is 1.81. The minimum Gasteiger partial charge on any atom is -0.489 e. The van der Waals surface area contributed by atoms with Crippen molar-refractivity contribution in [2.24, 2.45) is 5.73 Å². The van der Waals surface area contributed by atoms with Crippen molar-refractivity contribution in [3.63, 3.8) is 0 Å². The zero-order valence-electron chi connectivity index (χ0n) is 8.74. The molecule has 0 saturated heterocycles. The molecule has 92 valence electrons. The van der Waals surface area contributed by atoms with Crippen LogP contribution in [0.1, 0.15) is 5.56 Å². The molecule has 0 aromatic heterocycles. The van der Waals surface area contributed by atoms with Crippen LogP contribution < -0.4 is 10.5 Å². The molecule has 1 aliphatic heterocycles. The van der Waals surface area contributed by atoms with E-state index in [1.165, 1.54) is 5.56 Å². The molecule has 17 heavy (non-hydrogen) atoms. The van der Waals surface area contributed by atoms with Gasteiger partial charge in [0.25, 0.3) is 0 Å². The number of benzene rings is 1. The molecule has 0 unspecified atom stereocenters. The predicted molar refractivity (Wildman–Crippen MR) is 62.1 cm³/mol. The lowest BCUT2D eigenvalue weighted by molar-refractivity contribution is 0.262. The van der Waals surface area contributed by atoms with Gasteiger partial charge in [-0.3, -0.25) is 9.35 Å². The van der Waals surface area contributed by atoms with Gasteiger partial charge in [0.15, 0.2) is 0 Å². The smallest absolute Gasteiger partial charge is 0.361 e. The summed E-state index contributed by atoms with van der Waals surface area (Å²) < 4.78 is 31.8. The molecular formula is C10H11NO5S. The average Bonchev–Trinajstić information content (AvgIpc) is 2.29. The lowest BCUT2D eigenvalue weighted by Crippen LogP contribution is -2.20. The maximum Gasteiger partial charge on any atom is 0.361 e. The SMILES string of the molecule is C1=Cc2ccccc2OC1.NC(=O)S(=O)(=O)O. The van der Waals surface area contributed by atoms with Gasteiger partial charge in [-0.1, -0.05) is 24.3 Å². The first kappa shape index (κ1) is 13.2. The molecule has 0 bridgehead atoms. The highest BCUT2D eigenvalue weighted by atomic mass is 32.2. The van der Waals surface area contributed by atoms with Gasteiger partial charge in [0, 0.05) is 5.56 Å². The molecule has 0 atom stereocenters. The van der Waals surface area contributed by atoms with Crippen LogP contribution in [0, 0.1) is 0 Å². The summed E-state index contributed by atoms with van der Waals surface area (Å²) in [7, 11) is -4.60. The molecule has 6 nitrogen and oxygen atoms in total. The molecule has 0 aliphatic carbocycles. The van der Waals surface area contributed by atoms with Crippen molar-refractivity contribution in [2.75, 3.05) is 6.61 Å². The van der Waals surface area contributed by atoms with Gasteiger partial charge in [-0.25, -0.2) is 0 Å². The van der Waals surface area contributed by atoms with Gasteiger partial charge in [0.2, 0.25) is 0 Å². The largest absolute Gasteiger partial charge is 0.489 e. The fraction of sp³-hybridized carbons (Fsp3) is 0.100. The van der Waals surface area contributed by atoms with Crippen LogP contribution >= 0.6 is 0 Å². The molecule has 1 amide bonds. The second kappa shape index (κ2) is 5.46. The van der Waals surface area contributed by atoms with Crippen LogP contribution in [0.25, 0.3) is 6.08 Å². The Hall–Kier alpha value is -1.86. The second-order valence-corrected chi connectivity index (χ2v) is 4.40. The van der Waals surface area contributed by atoms with E-state index in [9.17, 15) is 13.2 Å². The molecule has 1 aromatic rings. The molecule has 7 heteroatoms. The molecule has 0 fully saturated rings. The summed E-state index contributed by atoms with van der Waals surface area (Å²) in [6.07, 6.45) is 4.10. The molecule has 0 saturated carbocycles. The summed E-state index contributed by atoms with van der Waals surface area (Å²) >= 11 is 0. The van der Waals surface area contributed by atoms with E-state index in [1.54, 1.807) is 0 Å². The summed E-state index contributed by atoms with van der Waals surface area (Å²) in [6.45, 7) is 0.705. The molecule has 1 aliphatic rings. The van der Waals surface area contributed by atoms with Crippen molar-refractivity contribution in [2.45, 2.75) is 0 Å². The Kier molecular flexibility index (Phi) is 4.24. The number of nitrogens with two attached hydrogens (primary N) is 1. The molecule has 0 spiro atoms. The molecule has 1 aromatic carbocycles. The number of amides is 1. The maximum atomic E-state index is 9.41. The quantitative estimate of drug-likeness (QED) is 0.675. The van der Waals surface area contributed by atoms with Crippen molar-refractivity contribution >= 4 is 21.4 Å². The number of ether oxygens (including phenoxy) is 1. The molecule has 2 rings (SSSR count). The highest BCUT2D eigenvalue weighted by Crippen LogP contribution is 2.21. The summed E-state index contributed by atoms with van der Waals surface area (Å²) in [4.78, 5) is 9.41. The zero-order chi connectivity index (χ0) is 12.9. The van der Waals surface area contributed by atoms with Crippen LogP contribution in [0.3, 0.4) is 0 Å². The molecule has 1 heterocycles. The summed E-state index contributed by atoms with van der Waals surface area (Å²) in [5.74, 6) is 0.991. The van der Waals surface area contributed by atoms with Crippen LogP contribution in [0.2, 0.25) is 0 Å².